The molecule has 0 N–H and O–H groups in total. The van der Waals surface area contributed by atoms with E-state index in [0.29, 0.717) is 39.3 Å². The number of ether oxygens (including phenoxy) is 1. The maximum atomic E-state index is 9.24. The molecule has 0 atom stereocenters. The van der Waals surface area contributed by atoms with Crippen molar-refractivity contribution in [3.05, 3.63) is 258 Å². The molecule has 0 saturated carbocycles. The van der Waals surface area contributed by atoms with Crippen LogP contribution in [0.1, 0.15) is 118 Å². The second-order valence-electron chi connectivity index (χ2n) is 26.0. The molecular weight excluding hydrogens is 1250 g/mol. The number of rotatable bonds is 7. The molecule has 13 aromatic rings. The van der Waals surface area contributed by atoms with E-state index in [-0.39, 0.29) is 87.5 Å². The van der Waals surface area contributed by atoms with Crippen LogP contribution in [-0.4, -0.2) is 14.1 Å². The molecule has 0 amide bonds. The molecule has 5 nitrogen and oxygen atoms in total. The second-order valence-corrected chi connectivity index (χ2v) is 26.0. The van der Waals surface area contributed by atoms with Crippen LogP contribution in [0.25, 0.3) is 117 Å². The van der Waals surface area contributed by atoms with Crippen molar-refractivity contribution in [3.63, 3.8) is 0 Å². The summed E-state index contributed by atoms with van der Waals surface area (Å²) >= 11 is 0. The third-order valence-electron chi connectivity index (χ3n) is 17.1. The van der Waals surface area contributed by atoms with Crippen LogP contribution in [-0.2, 0) is 37.3 Å². The van der Waals surface area contributed by atoms with Crippen molar-refractivity contribution in [1.29, 1.82) is 0 Å². The van der Waals surface area contributed by atoms with E-state index < -0.39 is 27.4 Å². The summed E-state index contributed by atoms with van der Waals surface area (Å²) in [5, 5.41) is 1.99. The Kier molecular flexibility index (Phi) is 11.2. The van der Waals surface area contributed by atoms with E-state index >= 15 is 0 Å². The van der Waals surface area contributed by atoms with Crippen LogP contribution in [0.2, 0.25) is 0 Å². The first-order chi connectivity index (χ1) is 46.5. The predicted molar refractivity (Wildman–Crippen MR) is 361 cm³/mol. The van der Waals surface area contributed by atoms with E-state index in [1.165, 1.54) is 36.4 Å². The van der Waals surface area contributed by atoms with Crippen LogP contribution < -0.4 is 9.30 Å². The summed E-state index contributed by atoms with van der Waals surface area (Å²) in [5.41, 5.74) is 11.0. The smallest absolute Gasteiger partial charge is 0.268 e. The molecule has 6 heteroatoms. The van der Waals surface area contributed by atoms with Gasteiger partial charge in [0, 0.05) is 60.7 Å². The summed E-state index contributed by atoms with van der Waals surface area (Å²) in [4.78, 5) is 4.90. The zero-order valence-corrected chi connectivity index (χ0v) is 52.8. The molecule has 0 fully saturated rings. The van der Waals surface area contributed by atoms with Gasteiger partial charge in [-0.15, -0.1) is 29.7 Å². The number of aryl methyl sites for hydroxylation is 4. The van der Waals surface area contributed by atoms with Crippen molar-refractivity contribution in [2.75, 3.05) is 0 Å². The zero-order valence-electron chi connectivity index (χ0n) is 62.6. The van der Waals surface area contributed by atoms with Gasteiger partial charge in [0.05, 0.1) is 16.7 Å². The molecule has 4 heterocycles. The average molecular weight is 1340 g/mol. The van der Waals surface area contributed by atoms with E-state index in [2.05, 4.69) is 140 Å². The topological polar surface area (TPSA) is 35.9 Å². The van der Waals surface area contributed by atoms with E-state index in [9.17, 15) is 8.22 Å². The van der Waals surface area contributed by atoms with Gasteiger partial charge < -0.3 is 13.9 Å². The molecular formula is C82H72N4OPt-2. The summed E-state index contributed by atoms with van der Waals surface area (Å²) in [6, 6.07) is 67.6. The van der Waals surface area contributed by atoms with Crippen molar-refractivity contribution in [3.8, 4) is 95.5 Å². The van der Waals surface area contributed by atoms with Gasteiger partial charge in [0.1, 0.15) is 5.82 Å². The van der Waals surface area contributed by atoms with Gasteiger partial charge in [-0.25, -0.2) is 4.98 Å². The molecule has 88 heavy (non-hydrogen) atoms. The Hall–Kier alpha value is -8.89. The first-order valence-electron chi connectivity index (χ1n) is 35.5. The van der Waals surface area contributed by atoms with Crippen LogP contribution in [0.15, 0.2) is 200 Å². The minimum atomic E-state index is -2.94. The van der Waals surface area contributed by atoms with Gasteiger partial charge in [-0.1, -0.05) is 195 Å². The molecule has 10 aromatic carbocycles. The third-order valence-corrected chi connectivity index (χ3v) is 17.1. The van der Waals surface area contributed by atoms with Gasteiger partial charge >= 0.3 is 0 Å². The van der Waals surface area contributed by atoms with Crippen molar-refractivity contribution in [1.82, 2.24) is 14.1 Å². The summed E-state index contributed by atoms with van der Waals surface area (Å²) in [5.74, 6) is 1.48. The fourth-order valence-corrected chi connectivity index (χ4v) is 12.6. The number of fused-ring (bicyclic) bond motifs is 10. The second kappa shape index (κ2) is 21.8. The molecule has 0 radical (unpaired) electrons. The maximum absolute atomic E-state index is 9.24. The SMILES string of the molecule is [2H]C([2H])([2H])c1cccc(C([2H])([2H])[2H])c1-c1cc2c(c(-c3c(C([2H])([2H])[2H])cccc3C([2H])([2H])[2H])c1)-[n+]1[c-]n(-c3[c-]c(Oc4[c-]c5c(cc4)c4ccccc4n5-c4cc(C(C)(C)C)ccn4)ccc3)c3cc(-c4cc(C(C)(C)C)cc(C(C)(C)C)c4)cc(c31)-c1ccccc1-c1ccccc1-2.[Pt]. The molecule has 0 aliphatic carbocycles. The Balaban J connectivity index is 0.00000896. The number of pyridine rings is 1. The Bertz CT molecular complexity index is 5340. The van der Waals surface area contributed by atoms with Gasteiger partial charge in [-0.2, -0.15) is 18.2 Å². The Labute approximate surface area is 550 Å². The molecule has 14 rings (SSSR count). The van der Waals surface area contributed by atoms with E-state index in [1.807, 2.05) is 106 Å². The molecule has 0 unspecified atom stereocenters. The minimum Gasteiger partial charge on any atom is -0.510 e. The summed E-state index contributed by atoms with van der Waals surface area (Å²) in [7, 11) is 0. The number of aromatic nitrogens is 4. The molecule has 1 aliphatic heterocycles. The van der Waals surface area contributed by atoms with E-state index in [1.54, 1.807) is 12.1 Å². The van der Waals surface area contributed by atoms with E-state index in [4.69, 9.17) is 17.9 Å². The number of hydrogen-bond donors (Lipinski definition) is 0. The number of benzene rings is 10. The van der Waals surface area contributed by atoms with Gasteiger partial charge in [0.15, 0.2) is 0 Å². The number of nitrogens with zero attached hydrogens (tertiary/aromatic N) is 4. The van der Waals surface area contributed by atoms with Gasteiger partial charge in [0.2, 0.25) is 0 Å². The number of para-hydroxylation sites is 1. The van der Waals surface area contributed by atoms with Crippen LogP contribution in [0.3, 0.4) is 0 Å². The summed E-state index contributed by atoms with van der Waals surface area (Å²) in [6.45, 7) is 8.15. The molecule has 3 aromatic heterocycles. The van der Waals surface area contributed by atoms with Crippen molar-refractivity contribution in [2.45, 2.75) is 106 Å². The molecule has 0 spiro atoms. The Morgan fingerprint density at radius 2 is 0.989 bits per heavy atom. The Morgan fingerprint density at radius 3 is 1.62 bits per heavy atom. The minimum absolute atomic E-state index is 0. The van der Waals surface area contributed by atoms with Crippen LogP contribution in [0.4, 0.5) is 0 Å². The predicted octanol–water partition coefficient (Wildman–Crippen LogP) is 21.0. The van der Waals surface area contributed by atoms with Crippen LogP contribution >= 0.6 is 0 Å². The first-order valence-corrected chi connectivity index (χ1v) is 29.5. The molecule has 0 bridgehead atoms. The zero-order chi connectivity index (χ0) is 70.4. The van der Waals surface area contributed by atoms with Gasteiger partial charge in [-0.05, 0) is 197 Å². The maximum Gasteiger partial charge on any atom is 0.268 e. The van der Waals surface area contributed by atoms with Crippen molar-refractivity contribution in [2.24, 2.45) is 0 Å². The number of imidazole rings is 1. The molecule has 0 saturated heterocycles. The van der Waals surface area contributed by atoms with Gasteiger partial charge in [-0.3, -0.25) is 4.57 Å². The monoisotopic (exact) mass is 1340 g/mol. The molecule has 1 aliphatic rings. The normalized spacial score (nSPS) is 14.9. The standard InChI is InChI=1S/C82H72N4O.Pt/c1-50-23-20-24-51(2)76(50)56-42-69-65-31-16-14-29-63(65)64-30-15-17-32-66(64)70-41-55(54-39-58(81(8,9)10)45-59(40-54)82(11,12)13)44-74-79(70)85(78(69)71(43-56)77-52(3)25-21-26-53(77)4)49-84(74)60-27-22-28-61(47-60)87-62-35-36-68-67-33-18-19-34-72(67)86(73(68)48-62)75-46-57(37-38-83-75)80(5,6)7;/h14-46H,1-13H3;/q-2;/i1D3,2D3,3D3,4D3;. The first kappa shape index (κ1) is 45.4. The van der Waals surface area contributed by atoms with Crippen molar-refractivity contribution < 1.29 is 46.8 Å². The summed E-state index contributed by atoms with van der Waals surface area (Å²) in [6.07, 6.45) is 5.65. The quantitative estimate of drug-likeness (QED) is 0.118. The molecule has 438 valence electrons. The van der Waals surface area contributed by atoms with Crippen molar-refractivity contribution >= 4 is 32.8 Å². The van der Waals surface area contributed by atoms with Crippen LogP contribution in [0.5, 0.6) is 11.5 Å². The third kappa shape index (κ3) is 10.0. The average Bonchev–Trinajstić information content (AvgIpc) is 1.48. The van der Waals surface area contributed by atoms with Crippen LogP contribution in [0, 0.1) is 45.9 Å². The van der Waals surface area contributed by atoms with Gasteiger partial charge in [0.25, 0.3) is 6.33 Å². The Morgan fingerprint density at radius 1 is 0.443 bits per heavy atom. The summed E-state index contributed by atoms with van der Waals surface area (Å²) < 4.78 is 122. The fraction of sp³-hybridized carbons (Fsp3) is 0.195. The number of hydrogen-bond acceptors (Lipinski definition) is 2. The largest absolute Gasteiger partial charge is 0.510 e. The van der Waals surface area contributed by atoms with E-state index in [0.717, 1.165) is 77.7 Å². The fourth-order valence-electron chi connectivity index (χ4n) is 12.6.